The van der Waals surface area contributed by atoms with E-state index in [1.165, 1.54) is 0 Å². The maximum Gasteiger partial charge on any atom is 0.339 e. The predicted octanol–water partition coefficient (Wildman–Crippen LogP) is 2.40. The summed E-state index contributed by atoms with van der Waals surface area (Å²) in [6, 6.07) is 3.69. The first-order chi connectivity index (χ1) is 10.1. The number of aromatic nitrogens is 1. The minimum Gasteiger partial charge on any atom is -0.459 e. The number of pyridine rings is 1. The number of esters is 1. The Morgan fingerprint density at radius 2 is 2.00 bits per heavy atom. The van der Waals surface area contributed by atoms with Gasteiger partial charge in [0.1, 0.15) is 11.9 Å². The number of rotatable bonds is 3. The van der Waals surface area contributed by atoms with Crippen LogP contribution in [0, 0.1) is 0 Å². The fourth-order valence-electron chi connectivity index (χ4n) is 2.77. The van der Waals surface area contributed by atoms with Gasteiger partial charge in [-0.2, -0.15) is 0 Å². The minimum absolute atomic E-state index is 0.109. The van der Waals surface area contributed by atoms with Gasteiger partial charge in [-0.3, -0.25) is 0 Å². The van der Waals surface area contributed by atoms with E-state index >= 15 is 0 Å². The average molecular weight is 290 g/mol. The van der Waals surface area contributed by atoms with Crippen molar-refractivity contribution in [2.24, 2.45) is 0 Å². The predicted molar refractivity (Wildman–Crippen MR) is 79.5 cm³/mol. The maximum atomic E-state index is 11.9. The zero-order chi connectivity index (χ0) is 14.8. The number of morpholine rings is 1. The van der Waals surface area contributed by atoms with Gasteiger partial charge < -0.3 is 14.4 Å². The molecule has 1 saturated carbocycles. The Balaban J connectivity index is 1.64. The molecule has 0 N–H and O–H groups in total. The molecule has 0 bridgehead atoms. The third-order valence-corrected chi connectivity index (χ3v) is 4.05. The van der Waals surface area contributed by atoms with Crippen LogP contribution in [0.4, 0.5) is 5.82 Å². The molecular weight excluding hydrogens is 268 g/mol. The van der Waals surface area contributed by atoms with Crippen LogP contribution in [-0.2, 0) is 9.47 Å². The highest BCUT2D eigenvalue weighted by Gasteiger charge is 2.24. The van der Waals surface area contributed by atoms with Crippen molar-refractivity contribution in [3.05, 3.63) is 23.9 Å². The van der Waals surface area contributed by atoms with Crippen LogP contribution in [0.5, 0.6) is 0 Å². The Kier molecular flexibility index (Phi) is 4.10. The molecule has 1 saturated heterocycles. The molecule has 0 aromatic carbocycles. The molecule has 1 aliphatic heterocycles. The molecule has 2 fully saturated rings. The Hall–Kier alpha value is -1.62. The highest BCUT2D eigenvalue weighted by molar-refractivity contribution is 5.89. The number of nitrogens with zero attached hydrogens (tertiary/aromatic N) is 2. The molecule has 1 aliphatic carbocycles. The molecule has 0 amide bonds. The summed E-state index contributed by atoms with van der Waals surface area (Å²) < 4.78 is 11.1. The molecule has 0 spiro atoms. The Morgan fingerprint density at radius 1 is 1.29 bits per heavy atom. The zero-order valence-corrected chi connectivity index (χ0v) is 12.6. The van der Waals surface area contributed by atoms with Gasteiger partial charge in [-0.15, -0.1) is 0 Å². The number of carbonyl (C=O) groups excluding carboxylic acids is 1. The van der Waals surface area contributed by atoms with Gasteiger partial charge >= 0.3 is 5.97 Å². The third kappa shape index (κ3) is 3.35. The molecule has 5 heteroatoms. The molecule has 2 unspecified atom stereocenters. The van der Waals surface area contributed by atoms with Crippen LogP contribution in [-0.4, -0.2) is 42.4 Å². The monoisotopic (exact) mass is 290 g/mol. The van der Waals surface area contributed by atoms with E-state index in [9.17, 15) is 4.79 Å². The van der Waals surface area contributed by atoms with Crippen LogP contribution in [0.15, 0.2) is 18.3 Å². The van der Waals surface area contributed by atoms with Crippen LogP contribution in [0.25, 0.3) is 0 Å². The second-order valence-corrected chi connectivity index (χ2v) is 6.03. The molecular formula is C16H22N2O3. The lowest BCUT2D eigenvalue weighted by Crippen LogP contribution is -2.45. The van der Waals surface area contributed by atoms with Crippen molar-refractivity contribution >= 4 is 11.8 Å². The Morgan fingerprint density at radius 3 is 2.52 bits per heavy atom. The van der Waals surface area contributed by atoms with E-state index in [0.29, 0.717) is 5.56 Å². The molecule has 2 heterocycles. The second-order valence-electron chi connectivity index (χ2n) is 6.03. The third-order valence-electron chi connectivity index (χ3n) is 4.05. The van der Waals surface area contributed by atoms with Crippen molar-refractivity contribution < 1.29 is 14.3 Å². The van der Waals surface area contributed by atoms with E-state index in [1.54, 1.807) is 12.3 Å². The molecule has 2 aliphatic rings. The van der Waals surface area contributed by atoms with E-state index in [1.807, 2.05) is 6.07 Å². The summed E-state index contributed by atoms with van der Waals surface area (Å²) in [4.78, 5) is 18.6. The first kappa shape index (κ1) is 14.3. The number of ether oxygens (including phenoxy) is 2. The number of hydrogen-bond donors (Lipinski definition) is 0. The smallest absolute Gasteiger partial charge is 0.339 e. The van der Waals surface area contributed by atoms with E-state index in [4.69, 9.17) is 9.47 Å². The van der Waals surface area contributed by atoms with Crippen LogP contribution in [0.1, 0.15) is 43.5 Å². The van der Waals surface area contributed by atoms with Gasteiger partial charge in [0.05, 0.1) is 17.8 Å². The Bertz CT molecular complexity index is 489. The van der Waals surface area contributed by atoms with Crippen LogP contribution in [0.2, 0.25) is 0 Å². The van der Waals surface area contributed by atoms with Gasteiger partial charge in [-0.1, -0.05) is 0 Å². The van der Waals surface area contributed by atoms with Gasteiger partial charge in [0.15, 0.2) is 0 Å². The van der Waals surface area contributed by atoms with Gasteiger partial charge in [-0.05, 0) is 45.2 Å². The first-order valence-electron chi connectivity index (χ1n) is 7.69. The Labute approximate surface area is 125 Å². The SMILES string of the molecule is CC1CN(c2ccc(C(=O)OC3CCC3)cn2)CC(C)O1. The number of hydrogen-bond acceptors (Lipinski definition) is 5. The molecule has 1 aromatic heterocycles. The largest absolute Gasteiger partial charge is 0.459 e. The van der Waals surface area contributed by atoms with E-state index < -0.39 is 0 Å². The molecule has 5 nitrogen and oxygen atoms in total. The highest BCUT2D eigenvalue weighted by atomic mass is 16.5. The normalized spacial score (nSPS) is 26.3. The quantitative estimate of drug-likeness (QED) is 0.800. The summed E-state index contributed by atoms with van der Waals surface area (Å²) in [5.41, 5.74) is 0.528. The van der Waals surface area contributed by atoms with Crippen molar-refractivity contribution in [1.29, 1.82) is 0 Å². The van der Waals surface area contributed by atoms with Crippen molar-refractivity contribution in [3.63, 3.8) is 0 Å². The van der Waals surface area contributed by atoms with E-state index in [2.05, 4.69) is 23.7 Å². The maximum absolute atomic E-state index is 11.9. The second kappa shape index (κ2) is 6.02. The number of carbonyl (C=O) groups is 1. The van der Waals surface area contributed by atoms with Crippen LogP contribution in [0.3, 0.4) is 0 Å². The standard InChI is InChI=1S/C16H22N2O3/c1-11-9-18(10-12(2)20-11)15-7-6-13(8-17-15)16(19)21-14-4-3-5-14/h6-8,11-12,14H,3-5,9-10H2,1-2H3. The van der Waals surface area contributed by atoms with Crippen LogP contribution >= 0.6 is 0 Å². The van der Waals surface area contributed by atoms with Crippen LogP contribution < -0.4 is 4.90 Å². The fraction of sp³-hybridized carbons (Fsp3) is 0.625. The minimum atomic E-state index is -0.262. The van der Waals surface area contributed by atoms with Crippen molar-refractivity contribution in [3.8, 4) is 0 Å². The lowest BCUT2D eigenvalue weighted by Gasteiger charge is -2.36. The van der Waals surface area contributed by atoms with Gasteiger partial charge in [0.2, 0.25) is 0 Å². The van der Waals surface area contributed by atoms with Gasteiger partial charge in [0.25, 0.3) is 0 Å². The molecule has 0 radical (unpaired) electrons. The zero-order valence-electron chi connectivity index (χ0n) is 12.6. The summed E-state index contributed by atoms with van der Waals surface area (Å²) in [5.74, 6) is 0.625. The summed E-state index contributed by atoms with van der Waals surface area (Å²) in [6.07, 6.45) is 5.24. The molecule has 2 atom stereocenters. The summed E-state index contributed by atoms with van der Waals surface area (Å²) in [5, 5.41) is 0. The highest BCUT2D eigenvalue weighted by Crippen LogP contribution is 2.23. The molecule has 114 valence electrons. The average Bonchev–Trinajstić information content (AvgIpc) is 2.42. The van der Waals surface area contributed by atoms with E-state index in [-0.39, 0.29) is 24.3 Å². The lowest BCUT2D eigenvalue weighted by atomic mass is 9.96. The van der Waals surface area contributed by atoms with Crippen molar-refractivity contribution in [2.75, 3.05) is 18.0 Å². The topological polar surface area (TPSA) is 51.7 Å². The molecule has 1 aromatic rings. The molecule has 21 heavy (non-hydrogen) atoms. The lowest BCUT2D eigenvalue weighted by molar-refractivity contribution is -0.00551. The van der Waals surface area contributed by atoms with Crippen molar-refractivity contribution in [2.45, 2.75) is 51.4 Å². The summed E-state index contributed by atoms with van der Waals surface area (Å²) >= 11 is 0. The first-order valence-corrected chi connectivity index (χ1v) is 7.69. The fourth-order valence-corrected chi connectivity index (χ4v) is 2.77. The summed E-state index contributed by atoms with van der Waals surface area (Å²) in [6.45, 7) is 5.77. The summed E-state index contributed by atoms with van der Waals surface area (Å²) in [7, 11) is 0. The van der Waals surface area contributed by atoms with Gasteiger partial charge in [0, 0.05) is 19.3 Å². The van der Waals surface area contributed by atoms with Gasteiger partial charge in [-0.25, -0.2) is 9.78 Å². The van der Waals surface area contributed by atoms with Crippen molar-refractivity contribution in [1.82, 2.24) is 4.98 Å². The van der Waals surface area contributed by atoms with E-state index in [0.717, 1.165) is 38.2 Å². The number of anilines is 1. The molecule has 3 rings (SSSR count).